The van der Waals surface area contributed by atoms with Crippen LogP contribution in [0, 0.1) is 28.6 Å². The lowest BCUT2D eigenvalue weighted by atomic mass is 9.47. The Balaban J connectivity index is 1.62. The number of esters is 2. The van der Waals surface area contributed by atoms with Crippen molar-refractivity contribution in [2.75, 3.05) is 0 Å². The van der Waals surface area contributed by atoms with Crippen LogP contribution in [0.1, 0.15) is 72.6 Å². The molecule has 0 amide bonds. The van der Waals surface area contributed by atoms with Crippen molar-refractivity contribution in [1.29, 1.82) is 0 Å². The monoisotopic (exact) mass is 388 g/mol. The van der Waals surface area contributed by atoms with Crippen LogP contribution in [0.15, 0.2) is 11.6 Å². The number of ketones is 1. The van der Waals surface area contributed by atoms with E-state index < -0.39 is 0 Å². The molecule has 5 nitrogen and oxygen atoms in total. The summed E-state index contributed by atoms with van der Waals surface area (Å²) in [6.45, 7) is 7.46. The van der Waals surface area contributed by atoms with Crippen LogP contribution in [0.5, 0.6) is 0 Å². The third-order valence-electron chi connectivity index (χ3n) is 8.45. The summed E-state index contributed by atoms with van der Waals surface area (Å²) in [6, 6.07) is 0. The molecule has 4 aliphatic rings. The van der Waals surface area contributed by atoms with Gasteiger partial charge in [0.2, 0.25) is 0 Å². The van der Waals surface area contributed by atoms with Crippen molar-refractivity contribution in [1.82, 2.24) is 0 Å². The van der Waals surface area contributed by atoms with Crippen molar-refractivity contribution in [2.45, 2.75) is 84.8 Å². The van der Waals surface area contributed by atoms with Crippen LogP contribution < -0.4 is 0 Å². The zero-order valence-electron chi connectivity index (χ0n) is 17.5. The van der Waals surface area contributed by atoms with Gasteiger partial charge in [-0.05, 0) is 61.9 Å². The van der Waals surface area contributed by atoms with Crippen LogP contribution in [0.4, 0.5) is 0 Å². The highest BCUT2D eigenvalue weighted by molar-refractivity contribution is 5.94. The molecule has 0 aromatic rings. The van der Waals surface area contributed by atoms with Crippen molar-refractivity contribution in [2.24, 2.45) is 28.6 Å². The number of allylic oxidation sites excluding steroid dienone is 1. The van der Waals surface area contributed by atoms with Gasteiger partial charge < -0.3 is 9.47 Å². The van der Waals surface area contributed by atoms with Gasteiger partial charge in [-0.15, -0.1) is 0 Å². The Kier molecular flexibility index (Phi) is 4.71. The highest BCUT2D eigenvalue weighted by Gasteiger charge is 2.61. The minimum Gasteiger partial charge on any atom is -0.462 e. The topological polar surface area (TPSA) is 69.7 Å². The minimum atomic E-state index is -0.245. The SMILES string of the molecule is CC(=O)OC1CC[C@@]2(C)C(=CC(=O)[C@@H]3[C@H]2CC[C@]2(C)C(OC(C)=O)CC[C@@H]32)C1. The Morgan fingerprint density at radius 1 is 0.964 bits per heavy atom. The fourth-order valence-corrected chi connectivity index (χ4v) is 7.05. The summed E-state index contributed by atoms with van der Waals surface area (Å²) < 4.78 is 11.1. The summed E-state index contributed by atoms with van der Waals surface area (Å²) in [5.74, 6) is 0.419. The van der Waals surface area contributed by atoms with Crippen LogP contribution in [-0.4, -0.2) is 29.9 Å². The second-order valence-electron chi connectivity index (χ2n) is 9.92. The molecule has 154 valence electrons. The summed E-state index contributed by atoms with van der Waals surface area (Å²) in [7, 11) is 0. The normalized spacial score (nSPS) is 44.6. The predicted octanol–water partition coefficient (Wildman–Crippen LogP) is 3.99. The maximum Gasteiger partial charge on any atom is 0.302 e. The smallest absolute Gasteiger partial charge is 0.302 e. The second kappa shape index (κ2) is 6.70. The van der Waals surface area contributed by atoms with E-state index in [1.54, 1.807) is 0 Å². The Hall–Kier alpha value is -1.65. The molecule has 0 aromatic heterocycles. The number of hydrogen-bond donors (Lipinski definition) is 0. The van der Waals surface area contributed by atoms with Gasteiger partial charge in [-0.2, -0.15) is 0 Å². The van der Waals surface area contributed by atoms with Gasteiger partial charge in [-0.1, -0.05) is 19.4 Å². The molecule has 3 saturated carbocycles. The molecule has 5 heteroatoms. The largest absolute Gasteiger partial charge is 0.462 e. The van der Waals surface area contributed by atoms with Gasteiger partial charge in [-0.25, -0.2) is 0 Å². The van der Waals surface area contributed by atoms with Crippen LogP contribution >= 0.6 is 0 Å². The number of ether oxygens (including phenoxy) is 2. The summed E-state index contributed by atoms with van der Waals surface area (Å²) in [5.41, 5.74) is 1.09. The van der Waals surface area contributed by atoms with Crippen molar-refractivity contribution in [3.05, 3.63) is 11.6 Å². The third-order valence-corrected chi connectivity index (χ3v) is 8.45. The van der Waals surface area contributed by atoms with E-state index in [0.717, 1.165) is 38.5 Å². The van der Waals surface area contributed by atoms with E-state index in [-0.39, 0.29) is 52.6 Å². The number of carbonyl (C=O) groups excluding carboxylic acids is 3. The maximum absolute atomic E-state index is 13.3. The van der Waals surface area contributed by atoms with Gasteiger partial charge in [0.15, 0.2) is 5.78 Å². The van der Waals surface area contributed by atoms with Crippen molar-refractivity contribution < 1.29 is 23.9 Å². The van der Waals surface area contributed by atoms with Gasteiger partial charge in [0.05, 0.1) is 0 Å². The summed E-state index contributed by atoms with van der Waals surface area (Å²) in [4.78, 5) is 36.2. The molecule has 3 fully saturated rings. The zero-order chi connectivity index (χ0) is 20.3. The van der Waals surface area contributed by atoms with Crippen LogP contribution in [0.25, 0.3) is 0 Å². The van der Waals surface area contributed by atoms with Crippen LogP contribution in [0.3, 0.4) is 0 Å². The third kappa shape index (κ3) is 2.93. The fraction of sp³-hybridized carbons (Fsp3) is 0.783. The molecule has 0 bridgehead atoms. The van der Waals surface area contributed by atoms with Crippen molar-refractivity contribution in [3.63, 3.8) is 0 Å². The maximum atomic E-state index is 13.3. The van der Waals surface area contributed by atoms with E-state index in [2.05, 4.69) is 13.8 Å². The summed E-state index contributed by atoms with van der Waals surface area (Å²) in [6.07, 6.45) is 8.02. The summed E-state index contributed by atoms with van der Waals surface area (Å²) >= 11 is 0. The first-order chi connectivity index (χ1) is 13.1. The lowest BCUT2D eigenvalue weighted by Gasteiger charge is -2.56. The van der Waals surface area contributed by atoms with E-state index in [1.807, 2.05) is 6.08 Å². The summed E-state index contributed by atoms with van der Waals surface area (Å²) in [5, 5.41) is 0. The minimum absolute atomic E-state index is 0.01000. The molecular weight excluding hydrogens is 356 g/mol. The van der Waals surface area contributed by atoms with E-state index in [4.69, 9.17) is 9.47 Å². The Morgan fingerprint density at radius 2 is 1.68 bits per heavy atom. The van der Waals surface area contributed by atoms with Gasteiger partial charge in [0.25, 0.3) is 0 Å². The van der Waals surface area contributed by atoms with Gasteiger partial charge >= 0.3 is 11.9 Å². The number of hydrogen-bond acceptors (Lipinski definition) is 5. The highest BCUT2D eigenvalue weighted by atomic mass is 16.5. The first-order valence-corrected chi connectivity index (χ1v) is 10.7. The number of rotatable bonds is 2. The van der Waals surface area contributed by atoms with Crippen molar-refractivity contribution in [3.8, 4) is 0 Å². The lowest BCUT2D eigenvalue weighted by Crippen LogP contribution is -2.54. The molecule has 7 atom stereocenters. The molecular formula is C23H32O5. The van der Waals surface area contributed by atoms with Crippen molar-refractivity contribution >= 4 is 17.7 Å². The molecule has 0 saturated heterocycles. The van der Waals surface area contributed by atoms with E-state index in [1.165, 1.54) is 19.4 Å². The highest BCUT2D eigenvalue weighted by Crippen LogP contribution is 2.64. The molecule has 28 heavy (non-hydrogen) atoms. The average Bonchev–Trinajstić information content (AvgIpc) is 2.92. The molecule has 4 rings (SSSR count). The van der Waals surface area contributed by atoms with Crippen LogP contribution in [-0.2, 0) is 23.9 Å². The molecule has 0 aromatic carbocycles. The Labute approximate surface area is 167 Å². The number of carbonyl (C=O) groups is 3. The zero-order valence-corrected chi connectivity index (χ0v) is 17.5. The van der Waals surface area contributed by atoms with Gasteiger partial charge in [0.1, 0.15) is 12.2 Å². The Morgan fingerprint density at radius 3 is 2.36 bits per heavy atom. The molecule has 2 unspecified atom stereocenters. The van der Waals surface area contributed by atoms with E-state index >= 15 is 0 Å². The predicted molar refractivity (Wildman–Crippen MR) is 103 cm³/mol. The molecule has 0 spiro atoms. The molecule has 0 aliphatic heterocycles. The molecule has 0 radical (unpaired) electrons. The first kappa shape index (κ1) is 19.7. The van der Waals surface area contributed by atoms with Gasteiger partial charge in [-0.3, -0.25) is 14.4 Å². The fourth-order valence-electron chi connectivity index (χ4n) is 7.05. The Bertz CT molecular complexity index is 739. The van der Waals surface area contributed by atoms with E-state index in [9.17, 15) is 14.4 Å². The number of fused-ring (bicyclic) bond motifs is 5. The van der Waals surface area contributed by atoms with Crippen LogP contribution in [0.2, 0.25) is 0 Å². The molecule has 0 heterocycles. The lowest BCUT2D eigenvalue weighted by molar-refractivity contribution is -0.158. The first-order valence-electron chi connectivity index (χ1n) is 10.7. The van der Waals surface area contributed by atoms with Gasteiger partial charge in [0, 0.05) is 31.6 Å². The average molecular weight is 389 g/mol. The second-order valence-corrected chi connectivity index (χ2v) is 9.92. The quantitative estimate of drug-likeness (QED) is 0.669. The molecule has 0 N–H and O–H groups in total. The molecule has 4 aliphatic carbocycles. The van der Waals surface area contributed by atoms with E-state index in [0.29, 0.717) is 12.3 Å². The standard InChI is InChI=1S/C23H32O5/c1-13(24)27-16-7-9-22(3)15(11-16)12-19(26)21-17-5-6-20(28-14(2)25)23(17,4)10-8-18(21)22/h12,16-18,20-21H,5-11H2,1-4H3/t16?,17-,18+,20?,21-,22-,23-/m0/s1.